The van der Waals surface area contributed by atoms with Crippen LogP contribution in [-0.2, 0) is 14.3 Å². The van der Waals surface area contributed by atoms with Crippen LogP contribution in [0, 0.1) is 0 Å². The molecule has 5 heteroatoms. The smallest absolute Gasteiger partial charge is 0.307 e. The first-order chi connectivity index (χ1) is 12.7. The molecule has 0 aliphatic carbocycles. The predicted molar refractivity (Wildman–Crippen MR) is 99.3 cm³/mol. The second kappa shape index (κ2) is 8.63. The molecule has 2 aromatic carbocycles. The Labute approximate surface area is 153 Å². The molecule has 2 aromatic rings. The van der Waals surface area contributed by atoms with Crippen LogP contribution in [0.2, 0.25) is 0 Å². The Kier molecular flexibility index (Phi) is 6.02. The van der Waals surface area contributed by atoms with Crippen molar-refractivity contribution in [1.82, 2.24) is 10.6 Å². The number of hydrogen-bond donors (Lipinski definition) is 2. The van der Waals surface area contributed by atoms with Crippen molar-refractivity contribution in [3.05, 3.63) is 71.8 Å². The number of rotatable bonds is 5. The highest BCUT2D eigenvalue weighted by Gasteiger charge is 2.34. The first-order valence-corrected chi connectivity index (χ1v) is 8.98. The molecule has 0 bridgehead atoms. The van der Waals surface area contributed by atoms with E-state index in [1.54, 1.807) is 6.92 Å². The zero-order valence-corrected chi connectivity index (χ0v) is 14.9. The van der Waals surface area contributed by atoms with Gasteiger partial charge in [0.2, 0.25) is 5.91 Å². The van der Waals surface area contributed by atoms with Gasteiger partial charge in [0.15, 0.2) is 0 Å². The van der Waals surface area contributed by atoms with Crippen LogP contribution in [-0.4, -0.2) is 24.5 Å². The van der Waals surface area contributed by atoms with E-state index in [0.29, 0.717) is 13.0 Å². The molecular weight excluding hydrogens is 328 g/mol. The standard InChI is InChI=1S/C21H24N2O3/c1-2-26-20(25)14-18-21(16-11-7-4-8-12-16)23-17(13-19(24)22-18)15-9-5-3-6-10-15/h3-12,17-18,21,23H,2,13-14H2,1H3,(H,22,24)/t17-,18-,21-/m1/s1. The van der Waals surface area contributed by atoms with Crippen molar-refractivity contribution in [2.24, 2.45) is 0 Å². The summed E-state index contributed by atoms with van der Waals surface area (Å²) in [6, 6.07) is 19.1. The zero-order chi connectivity index (χ0) is 18.4. The summed E-state index contributed by atoms with van der Waals surface area (Å²) >= 11 is 0. The second-order valence-electron chi connectivity index (χ2n) is 6.41. The van der Waals surface area contributed by atoms with Crippen LogP contribution in [0.15, 0.2) is 60.7 Å². The minimum atomic E-state index is -0.363. The van der Waals surface area contributed by atoms with E-state index >= 15 is 0 Å². The Hall–Kier alpha value is -2.66. The Balaban J connectivity index is 1.90. The fourth-order valence-corrected chi connectivity index (χ4v) is 3.38. The van der Waals surface area contributed by atoms with E-state index in [1.807, 2.05) is 60.7 Å². The summed E-state index contributed by atoms with van der Waals surface area (Å²) in [5.41, 5.74) is 2.09. The molecule has 26 heavy (non-hydrogen) atoms. The van der Waals surface area contributed by atoms with E-state index in [4.69, 9.17) is 4.74 Å². The summed E-state index contributed by atoms with van der Waals surface area (Å²) in [5, 5.41) is 6.60. The molecule has 1 saturated heterocycles. The van der Waals surface area contributed by atoms with Crippen molar-refractivity contribution in [3.8, 4) is 0 Å². The summed E-state index contributed by atoms with van der Waals surface area (Å²) in [4.78, 5) is 24.5. The molecule has 0 radical (unpaired) electrons. The summed E-state index contributed by atoms with van der Waals surface area (Å²) in [7, 11) is 0. The van der Waals surface area contributed by atoms with Crippen molar-refractivity contribution >= 4 is 11.9 Å². The van der Waals surface area contributed by atoms with Gasteiger partial charge in [-0.25, -0.2) is 0 Å². The van der Waals surface area contributed by atoms with Gasteiger partial charge in [0.05, 0.1) is 25.1 Å². The Morgan fingerprint density at radius 2 is 1.65 bits per heavy atom. The molecule has 3 atom stereocenters. The Morgan fingerprint density at radius 3 is 2.27 bits per heavy atom. The van der Waals surface area contributed by atoms with Crippen LogP contribution >= 0.6 is 0 Å². The van der Waals surface area contributed by atoms with Gasteiger partial charge < -0.3 is 15.4 Å². The lowest BCUT2D eigenvalue weighted by molar-refractivity contribution is -0.144. The maximum atomic E-state index is 12.5. The molecule has 1 aliphatic rings. The van der Waals surface area contributed by atoms with Gasteiger partial charge in [-0.1, -0.05) is 60.7 Å². The fraction of sp³-hybridized carbons (Fsp3) is 0.333. The van der Waals surface area contributed by atoms with E-state index in [-0.39, 0.29) is 36.4 Å². The van der Waals surface area contributed by atoms with Gasteiger partial charge in [-0.15, -0.1) is 0 Å². The molecule has 0 spiro atoms. The van der Waals surface area contributed by atoms with Gasteiger partial charge in [-0.3, -0.25) is 9.59 Å². The van der Waals surface area contributed by atoms with Crippen molar-refractivity contribution in [3.63, 3.8) is 0 Å². The van der Waals surface area contributed by atoms with Crippen LogP contribution in [0.1, 0.15) is 43.0 Å². The SMILES string of the molecule is CCOC(=O)C[C@H]1NC(=O)C[C@H](c2ccccc2)N[C@@H]1c1ccccc1. The maximum Gasteiger partial charge on any atom is 0.307 e. The third kappa shape index (κ3) is 4.49. The van der Waals surface area contributed by atoms with Crippen LogP contribution in [0.25, 0.3) is 0 Å². The molecule has 2 N–H and O–H groups in total. The van der Waals surface area contributed by atoms with Crippen molar-refractivity contribution in [2.45, 2.75) is 37.9 Å². The molecule has 1 aliphatic heterocycles. The van der Waals surface area contributed by atoms with Crippen LogP contribution < -0.4 is 10.6 Å². The fourth-order valence-electron chi connectivity index (χ4n) is 3.38. The van der Waals surface area contributed by atoms with Crippen LogP contribution in [0.5, 0.6) is 0 Å². The van der Waals surface area contributed by atoms with Crippen molar-refractivity contribution < 1.29 is 14.3 Å². The third-order valence-corrected chi connectivity index (χ3v) is 4.57. The highest BCUT2D eigenvalue weighted by Crippen LogP contribution is 2.29. The lowest BCUT2D eigenvalue weighted by Gasteiger charge is -2.28. The van der Waals surface area contributed by atoms with E-state index in [1.165, 1.54) is 0 Å². The quantitative estimate of drug-likeness (QED) is 0.812. The van der Waals surface area contributed by atoms with Crippen molar-refractivity contribution in [2.75, 3.05) is 6.61 Å². The summed E-state index contributed by atoms with van der Waals surface area (Å²) in [5.74, 6) is -0.377. The van der Waals surface area contributed by atoms with Crippen LogP contribution in [0.4, 0.5) is 0 Å². The average molecular weight is 352 g/mol. The molecule has 0 saturated carbocycles. The van der Waals surface area contributed by atoms with Crippen molar-refractivity contribution in [1.29, 1.82) is 0 Å². The number of benzene rings is 2. The lowest BCUT2D eigenvalue weighted by Crippen LogP contribution is -2.42. The molecule has 136 valence electrons. The monoisotopic (exact) mass is 352 g/mol. The van der Waals surface area contributed by atoms with E-state index < -0.39 is 0 Å². The maximum absolute atomic E-state index is 12.5. The number of ether oxygens (including phenoxy) is 1. The average Bonchev–Trinajstić information content (AvgIpc) is 2.82. The highest BCUT2D eigenvalue weighted by molar-refractivity contribution is 5.79. The molecule has 3 rings (SSSR count). The topological polar surface area (TPSA) is 67.4 Å². The number of esters is 1. The number of carbonyl (C=O) groups excluding carboxylic acids is 2. The van der Waals surface area contributed by atoms with E-state index in [2.05, 4.69) is 10.6 Å². The summed E-state index contributed by atoms with van der Waals surface area (Å²) < 4.78 is 5.10. The van der Waals surface area contributed by atoms with Gasteiger partial charge >= 0.3 is 5.97 Å². The van der Waals surface area contributed by atoms with E-state index in [0.717, 1.165) is 11.1 Å². The van der Waals surface area contributed by atoms with Gasteiger partial charge in [0, 0.05) is 12.5 Å². The lowest BCUT2D eigenvalue weighted by atomic mass is 9.95. The van der Waals surface area contributed by atoms with Gasteiger partial charge in [-0.05, 0) is 18.1 Å². The number of carbonyl (C=O) groups is 2. The van der Waals surface area contributed by atoms with Crippen LogP contribution in [0.3, 0.4) is 0 Å². The largest absolute Gasteiger partial charge is 0.466 e. The molecule has 1 amide bonds. The normalized spacial score (nSPS) is 23.0. The number of hydrogen-bond acceptors (Lipinski definition) is 4. The molecule has 0 unspecified atom stereocenters. The minimum absolute atomic E-state index is 0.0703. The molecule has 1 heterocycles. The molecular formula is C21H24N2O3. The number of nitrogens with one attached hydrogen (secondary N) is 2. The summed E-state index contributed by atoms with van der Waals surface area (Å²) in [6.07, 6.45) is 0.459. The molecule has 1 fully saturated rings. The van der Waals surface area contributed by atoms with Gasteiger partial charge in [-0.2, -0.15) is 0 Å². The Morgan fingerprint density at radius 1 is 1.04 bits per heavy atom. The van der Waals surface area contributed by atoms with E-state index in [9.17, 15) is 9.59 Å². The third-order valence-electron chi connectivity index (χ3n) is 4.57. The predicted octanol–water partition coefficient (Wildman–Crippen LogP) is 2.90. The summed E-state index contributed by atoms with van der Waals surface area (Å²) in [6.45, 7) is 2.11. The zero-order valence-electron chi connectivity index (χ0n) is 14.9. The first kappa shape index (κ1) is 18.1. The van der Waals surface area contributed by atoms with Gasteiger partial charge in [0.25, 0.3) is 0 Å². The molecule has 0 aromatic heterocycles. The second-order valence-corrected chi connectivity index (χ2v) is 6.41. The first-order valence-electron chi connectivity index (χ1n) is 8.98. The minimum Gasteiger partial charge on any atom is -0.466 e. The Bertz CT molecular complexity index is 733. The highest BCUT2D eigenvalue weighted by atomic mass is 16.5. The molecule has 5 nitrogen and oxygen atoms in total. The number of amides is 1. The van der Waals surface area contributed by atoms with Gasteiger partial charge in [0.1, 0.15) is 0 Å².